The summed E-state index contributed by atoms with van der Waals surface area (Å²) in [6.07, 6.45) is -2.17. The summed E-state index contributed by atoms with van der Waals surface area (Å²) in [5.41, 5.74) is 1.62. The Balaban J connectivity index is 1.65. The molecule has 4 rings (SSSR count). The van der Waals surface area contributed by atoms with Crippen LogP contribution < -0.4 is 15.0 Å². The highest BCUT2D eigenvalue weighted by atomic mass is 32.2. The molecule has 0 spiro atoms. The number of halogens is 3. The third-order valence-electron chi connectivity index (χ3n) is 5.37. The van der Waals surface area contributed by atoms with E-state index in [0.717, 1.165) is 28.8 Å². The van der Waals surface area contributed by atoms with Crippen molar-refractivity contribution in [2.45, 2.75) is 24.3 Å². The van der Waals surface area contributed by atoms with Crippen LogP contribution in [0.3, 0.4) is 0 Å². The quantitative estimate of drug-likeness (QED) is 0.394. The van der Waals surface area contributed by atoms with Crippen LogP contribution in [0.2, 0.25) is 0 Å². The number of nitriles is 1. The zero-order chi connectivity index (χ0) is 23.6. The first-order valence-electron chi connectivity index (χ1n) is 10.0. The van der Waals surface area contributed by atoms with Crippen LogP contribution in [0.25, 0.3) is 0 Å². The van der Waals surface area contributed by atoms with Gasteiger partial charge in [0.2, 0.25) is 0 Å². The van der Waals surface area contributed by atoms with Gasteiger partial charge in [-0.1, -0.05) is 11.8 Å². The Morgan fingerprint density at radius 2 is 1.91 bits per heavy atom. The number of thioether (sulfide) groups is 1. The Hall–Kier alpha value is -3.45. The Bertz CT molecular complexity index is 1210. The summed E-state index contributed by atoms with van der Waals surface area (Å²) in [4.78, 5) is 11.1. The molecule has 1 aromatic heterocycles. The second kappa shape index (κ2) is 9.19. The molecule has 0 fully saturated rings. The summed E-state index contributed by atoms with van der Waals surface area (Å²) in [5, 5.41) is 13.0. The maximum atomic E-state index is 13.4. The average molecular weight is 472 g/mol. The van der Waals surface area contributed by atoms with Gasteiger partial charge in [0.25, 0.3) is 0 Å². The van der Waals surface area contributed by atoms with Crippen molar-refractivity contribution in [3.63, 3.8) is 0 Å². The monoisotopic (exact) mass is 471 g/mol. The number of anilines is 3. The largest absolute Gasteiger partial charge is 0.497 e. The lowest BCUT2D eigenvalue weighted by molar-refractivity contribution is -0.137. The van der Waals surface area contributed by atoms with E-state index in [1.807, 2.05) is 35.4 Å². The number of nitrogens with zero attached hydrogens (tertiary/aromatic N) is 4. The summed E-state index contributed by atoms with van der Waals surface area (Å²) in [7, 11) is 1.60. The zero-order valence-corrected chi connectivity index (χ0v) is 18.7. The van der Waals surface area contributed by atoms with Gasteiger partial charge in [-0.25, -0.2) is 9.97 Å². The van der Waals surface area contributed by atoms with Gasteiger partial charge < -0.3 is 15.0 Å². The van der Waals surface area contributed by atoms with Crippen LogP contribution in [0.5, 0.6) is 5.75 Å². The van der Waals surface area contributed by atoms with Crippen molar-refractivity contribution in [2.24, 2.45) is 0 Å². The highest BCUT2D eigenvalue weighted by molar-refractivity contribution is 7.98. The molecule has 0 radical (unpaired) electrons. The summed E-state index contributed by atoms with van der Waals surface area (Å²) in [6.45, 7) is 0.835. The number of methoxy groups -OCH3 is 1. The molecule has 1 N–H and O–H groups in total. The van der Waals surface area contributed by atoms with E-state index in [9.17, 15) is 13.2 Å². The van der Waals surface area contributed by atoms with Crippen LogP contribution in [0.4, 0.5) is 30.4 Å². The molecule has 0 unspecified atom stereocenters. The molecule has 33 heavy (non-hydrogen) atoms. The number of nitrogens with one attached hydrogen (secondary N) is 1. The first-order chi connectivity index (χ1) is 15.8. The summed E-state index contributed by atoms with van der Waals surface area (Å²) < 4.78 is 45.5. The SMILES string of the molecule is COc1ccc(Nc2nc(SC)nc3c2CCN(c2ccc(C#N)c(C(F)(F)F)c2)C3)cc1. The summed E-state index contributed by atoms with van der Waals surface area (Å²) in [5.74, 6) is 1.43. The standard InChI is InChI=1S/C23H20F3N5OS/c1-32-17-7-4-15(5-8-17)28-21-18-9-10-31(13-20(18)29-22(30-21)33-2)16-6-3-14(12-27)19(11-16)23(24,25)26/h3-8,11H,9-10,13H2,1-2H3,(H,28,29,30). The number of alkyl halides is 3. The van der Waals surface area contributed by atoms with Crippen molar-refractivity contribution >= 4 is 29.0 Å². The van der Waals surface area contributed by atoms with Gasteiger partial charge in [0.15, 0.2) is 5.16 Å². The predicted molar refractivity (Wildman–Crippen MR) is 121 cm³/mol. The van der Waals surface area contributed by atoms with E-state index in [-0.39, 0.29) is 5.56 Å². The molecule has 3 aromatic rings. The lowest BCUT2D eigenvalue weighted by Gasteiger charge is -2.31. The Kier molecular flexibility index (Phi) is 6.33. The van der Waals surface area contributed by atoms with E-state index in [1.54, 1.807) is 19.2 Å². The van der Waals surface area contributed by atoms with Crippen molar-refractivity contribution in [3.05, 3.63) is 64.8 Å². The molecule has 170 valence electrons. The summed E-state index contributed by atoms with van der Waals surface area (Å²) >= 11 is 1.39. The van der Waals surface area contributed by atoms with Gasteiger partial charge in [-0.05, 0) is 55.1 Å². The van der Waals surface area contributed by atoms with Crippen LogP contribution in [0, 0.1) is 11.3 Å². The van der Waals surface area contributed by atoms with Gasteiger partial charge in [-0.3, -0.25) is 0 Å². The van der Waals surface area contributed by atoms with E-state index in [0.29, 0.717) is 36.2 Å². The molecule has 2 heterocycles. The number of hydrogen-bond donors (Lipinski definition) is 1. The van der Waals surface area contributed by atoms with Crippen molar-refractivity contribution in [2.75, 3.05) is 30.1 Å². The minimum atomic E-state index is -4.60. The van der Waals surface area contributed by atoms with E-state index in [2.05, 4.69) is 15.3 Å². The molecular weight excluding hydrogens is 451 g/mol. The van der Waals surface area contributed by atoms with Crippen LogP contribution in [0.1, 0.15) is 22.4 Å². The van der Waals surface area contributed by atoms with E-state index in [4.69, 9.17) is 10.00 Å². The van der Waals surface area contributed by atoms with Crippen molar-refractivity contribution in [1.82, 2.24) is 9.97 Å². The molecule has 6 nitrogen and oxygen atoms in total. The lowest BCUT2D eigenvalue weighted by Crippen LogP contribution is -2.32. The van der Waals surface area contributed by atoms with Crippen LogP contribution in [0.15, 0.2) is 47.6 Å². The molecule has 0 amide bonds. The van der Waals surface area contributed by atoms with E-state index >= 15 is 0 Å². The third-order valence-corrected chi connectivity index (χ3v) is 5.92. The highest BCUT2D eigenvalue weighted by Crippen LogP contribution is 2.36. The van der Waals surface area contributed by atoms with Gasteiger partial charge in [0, 0.05) is 23.5 Å². The van der Waals surface area contributed by atoms with Crippen molar-refractivity contribution < 1.29 is 17.9 Å². The first kappa shape index (κ1) is 22.7. The number of rotatable bonds is 5. The number of benzene rings is 2. The molecule has 0 saturated carbocycles. The van der Waals surface area contributed by atoms with Gasteiger partial charge in [-0.15, -0.1) is 0 Å². The highest BCUT2D eigenvalue weighted by Gasteiger charge is 2.34. The second-order valence-corrected chi connectivity index (χ2v) is 8.12. The van der Waals surface area contributed by atoms with E-state index in [1.165, 1.54) is 17.8 Å². The predicted octanol–water partition coefficient (Wildman–Crippen LogP) is 5.40. The van der Waals surface area contributed by atoms with E-state index < -0.39 is 11.7 Å². The van der Waals surface area contributed by atoms with Gasteiger partial charge in [0.05, 0.1) is 36.5 Å². The molecular formula is C23H20F3N5OS. The van der Waals surface area contributed by atoms with Crippen LogP contribution in [-0.4, -0.2) is 29.9 Å². The molecule has 1 aliphatic rings. The Morgan fingerprint density at radius 3 is 2.55 bits per heavy atom. The molecule has 1 aliphatic heterocycles. The Morgan fingerprint density at radius 1 is 1.15 bits per heavy atom. The normalized spacial score (nSPS) is 13.3. The first-order valence-corrected chi connectivity index (χ1v) is 11.3. The molecule has 0 atom stereocenters. The average Bonchev–Trinajstić information content (AvgIpc) is 2.83. The fourth-order valence-corrected chi connectivity index (χ4v) is 4.08. The second-order valence-electron chi connectivity index (χ2n) is 7.35. The van der Waals surface area contributed by atoms with Crippen LogP contribution >= 0.6 is 11.8 Å². The number of aromatic nitrogens is 2. The summed E-state index contributed by atoms with van der Waals surface area (Å²) in [6, 6.07) is 12.9. The minimum Gasteiger partial charge on any atom is -0.497 e. The number of fused-ring (bicyclic) bond motifs is 1. The molecule has 2 aromatic carbocycles. The fourth-order valence-electron chi connectivity index (χ4n) is 3.69. The number of hydrogen-bond acceptors (Lipinski definition) is 7. The molecule has 0 saturated heterocycles. The van der Waals surface area contributed by atoms with Crippen molar-refractivity contribution in [3.8, 4) is 11.8 Å². The molecule has 0 bridgehead atoms. The number of ether oxygens (including phenoxy) is 1. The molecule has 0 aliphatic carbocycles. The van der Waals surface area contributed by atoms with Gasteiger partial charge in [-0.2, -0.15) is 18.4 Å². The maximum Gasteiger partial charge on any atom is 0.417 e. The molecule has 10 heteroatoms. The van der Waals surface area contributed by atoms with Crippen molar-refractivity contribution in [1.29, 1.82) is 5.26 Å². The van der Waals surface area contributed by atoms with Gasteiger partial charge >= 0.3 is 6.18 Å². The smallest absolute Gasteiger partial charge is 0.417 e. The fraction of sp³-hybridized carbons (Fsp3) is 0.261. The third kappa shape index (κ3) is 4.83. The minimum absolute atomic E-state index is 0.339. The Labute approximate surface area is 193 Å². The zero-order valence-electron chi connectivity index (χ0n) is 17.9. The van der Waals surface area contributed by atoms with Crippen LogP contribution in [-0.2, 0) is 19.1 Å². The topological polar surface area (TPSA) is 74.1 Å². The lowest BCUT2D eigenvalue weighted by atomic mass is 10.0. The maximum absolute atomic E-state index is 13.4. The van der Waals surface area contributed by atoms with Gasteiger partial charge in [0.1, 0.15) is 11.6 Å².